The van der Waals surface area contributed by atoms with Crippen LogP contribution in [0.25, 0.3) is 0 Å². The topological polar surface area (TPSA) is 49.9 Å². The average Bonchev–Trinajstić information content (AvgIpc) is 2.77. The molecule has 178 valence electrons. The van der Waals surface area contributed by atoms with E-state index in [9.17, 15) is 35.9 Å². The van der Waals surface area contributed by atoms with E-state index in [2.05, 4.69) is 0 Å². The first kappa shape index (κ1) is 24.4. The Morgan fingerprint density at radius 3 is 2.00 bits per heavy atom. The first-order chi connectivity index (χ1) is 15.4. The number of esters is 1. The second-order valence-electron chi connectivity index (χ2n) is 7.45. The van der Waals surface area contributed by atoms with Crippen LogP contribution in [0.1, 0.15) is 16.7 Å². The third-order valence-corrected chi connectivity index (χ3v) is 5.16. The average molecular weight is 474 g/mol. The fraction of sp³-hybridized carbons (Fsp3) is 0.364. The van der Waals surface area contributed by atoms with Gasteiger partial charge in [-0.05, 0) is 35.9 Å². The van der Waals surface area contributed by atoms with Crippen LogP contribution in [0.4, 0.5) is 32.0 Å². The van der Waals surface area contributed by atoms with Gasteiger partial charge < -0.3 is 14.5 Å². The molecule has 0 atom stereocenters. The van der Waals surface area contributed by atoms with Crippen molar-refractivity contribution < 1.29 is 40.7 Å². The van der Waals surface area contributed by atoms with Crippen LogP contribution >= 0.6 is 0 Å². The van der Waals surface area contributed by atoms with Gasteiger partial charge in [-0.1, -0.05) is 18.2 Å². The molecule has 1 fully saturated rings. The van der Waals surface area contributed by atoms with Gasteiger partial charge >= 0.3 is 18.3 Å². The van der Waals surface area contributed by atoms with Crippen molar-refractivity contribution in [1.82, 2.24) is 4.90 Å². The summed E-state index contributed by atoms with van der Waals surface area (Å²) >= 11 is 0. The summed E-state index contributed by atoms with van der Waals surface area (Å²) in [6, 6.07) is 8.98. The molecule has 5 nitrogen and oxygen atoms in total. The summed E-state index contributed by atoms with van der Waals surface area (Å²) in [6.45, 7) is 0.583. The number of piperazine rings is 1. The molecule has 1 amide bonds. The van der Waals surface area contributed by atoms with Gasteiger partial charge in [-0.3, -0.25) is 9.59 Å². The summed E-state index contributed by atoms with van der Waals surface area (Å²) in [7, 11) is 0. The van der Waals surface area contributed by atoms with E-state index in [4.69, 9.17) is 4.74 Å². The number of ether oxygens (including phenoxy) is 1. The molecule has 0 bridgehead atoms. The van der Waals surface area contributed by atoms with Gasteiger partial charge in [0.2, 0.25) is 0 Å². The lowest BCUT2D eigenvalue weighted by Crippen LogP contribution is -2.50. The summed E-state index contributed by atoms with van der Waals surface area (Å²) in [6.07, 6.45) is -9.20. The molecule has 0 spiro atoms. The minimum absolute atomic E-state index is 0.242. The number of carbonyl (C=O) groups excluding carboxylic acids is 2. The number of alkyl halides is 6. The molecule has 0 unspecified atom stereocenters. The van der Waals surface area contributed by atoms with Gasteiger partial charge in [0.25, 0.3) is 5.91 Å². The molecule has 3 rings (SSSR count). The zero-order chi connectivity index (χ0) is 24.2. The van der Waals surface area contributed by atoms with Crippen LogP contribution in [0.2, 0.25) is 0 Å². The lowest BCUT2D eigenvalue weighted by atomic mass is 10.1. The smallest absolute Gasteiger partial charge is 0.416 e. The van der Waals surface area contributed by atoms with Crippen molar-refractivity contribution in [2.45, 2.75) is 18.8 Å². The lowest BCUT2D eigenvalue weighted by Gasteiger charge is -2.36. The molecular weight excluding hydrogens is 454 g/mol. The molecule has 0 saturated carbocycles. The van der Waals surface area contributed by atoms with Crippen LogP contribution in [0.3, 0.4) is 0 Å². The van der Waals surface area contributed by atoms with E-state index in [0.717, 1.165) is 24.3 Å². The van der Waals surface area contributed by atoms with Gasteiger partial charge in [-0.2, -0.15) is 26.3 Å². The van der Waals surface area contributed by atoms with Gasteiger partial charge in [0.1, 0.15) is 0 Å². The minimum Gasteiger partial charge on any atom is -0.455 e. The maximum Gasteiger partial charge on any atom is 0.416 e. The predicted octanol–water partition coefficient (Wildman–Crippen LogP) is 4.16. The highest BCUT2D eigenvalue weighted by molar-refractivity contribution is 5.81. The highest BCUT2D eigenvalue weighted by atomic mass is 19.4. The summed E-state index contributed by atoms with van der Waals surface area (Å²) < 4.78 is 81.3. The van der Waals surface area contributed by atoms with Crippen LogP contribution in [-0.2, 0) is 33.1 Å². The van der Waals surface area contributed by atoms with Gasteiger partial charge in [-0.25, -0.2) is 0 Å². The van der Waals surface area contributed by atoms with E-state index in [1.807, 2.05) is 0 Å². The molecule has 33 heavy (non-hydrogen) atoms. The number of nitrogens with zero attached hydrogens (tertiary/aromatic N) is 2. The number of carbonyl (C=O) groups is 2. The Hall–Kier alpha value is -3.24. The Labute approximate surface area is 185 Å². The zero-order valence-electron chi connectivity index (χ0n) is 17.2. The molecule has 0 N–H and O–H groups in total. The van der Waals surface area contributed by atoms with E-state index in [-0.39, 0.29) is 19.5 Å². The summed E-state index contributed by atoms with van der Waals surface area (Å²) in [5, 5.41) is 0. The third-order valence-electron chi connectivity index (χ3n) is 5.16. The Bertz CT molecular complexity index is 981. The van der Waals surface area contributed by atoms with Crippen molar-refractivity contribution in [2.75, 3.05) is 37.7 Å². The SMILES string of the molecule is O=C(Cc1ccc(C(F)(F)F)cc1)OCC(=O)N1CCN(c2cccc(C(F)(F)F)c2)CC1. The molecule has 1 aliphatic rings. The molecule has 1 saturated heterocycles. The number of hydrogen-bond donors (Lipinski definition) is 0. The first-order valence-corrected chi connectivity index (χ1v) is 9.95. The van der Waals surface area contributed by atoms with E-state index in [0.29, 0.717) is 24.3 Å². The standard InChI is InChI=1S/C22H20F6N2O3/c23-21(24,25)16-6-4-15(5-7-16)12-20(32)33-14-19(31)30-10-8-29(9-11-30)18-3-1-2-17(13-18)22(26,27)28/h1-7,13H,8-12,14H2. The molecule has 0 radical (unpaired) electrons. The van der Waals surface area contributed by atoms with Crippen molar-refractivity contribution in [3.63, 3.8) is 0 Å². The molecule has 2 aromatic rings. The largest absolute Gasteiger partial charge is 0.455 e. The first-order valence-electron chi connectivity index (χ1n) is 9.95. The van der Waals surface area contributed by atoms with Crippen molar-refractivity contribution in [3.05, 3.63) is 65.2 Å². The quantitative estimate of drug-likeness (QED) is 0.483. The summed E-state index contributed by atoms with van der Waals surface area (Å²) in [4.78, 5) is 27.4. The Kier molecular flexibility index (Phi) is 7.19. The fourth-order valence-corrected chi connectivity index (χ4v) is 3.36. The van der Waals surface area contributed by atoms with Crippen LogP contribution in [0.5, 0.6) is 0 Å². The number of anilines is 1. The monoisotopic (exact) mass is 474 g/mol. The second-order valence-corrected chi connectivity index (χ2v) is 7.45. The second kappa shape index (κ2) is 9.72. The summed E-state index contributed by atoms with van der Waals surface area (Å²) in [5.74, 6) is -1.22. The molecule has 0 aliphatic carbocycles. The molecular formula is C22H20F6N2O3. The number of halogens is 6. The van der Waals surface area contributed by atoms with Crippen molar-refractivity contribution >= 4 is 17.6 Å². The minimum atomic E-state index is -4.48. The molecule has 11 heteroatoms. The van der Waals surface area contributed by atoms with Crippen LogP contribution < -0.4 is 4.90 Å². The molecule has 1 aliphatic heterocycles. The van der Waals surface area contributed by atoms with E-state index >= 15 is 0 Å². The number of rotatable bonds is 5. The van der Waals surface area contributed by atoms with E-state index in [1.165, 1.54) is 23.1 Å². The third kappa shape index (κ3) is 6.62. The van der Waals surface area contributed by atoms with E-state index in [1.54, 1.807) is 11.0 Å². The Morgan fingerprint density at radius 2 is 1.42 bits per heavy atom. The van der Waals surface area contributed by atoms with Gasteiger partial charge in [0.05, 0.1) is 17.5 Å². The Balaban J connectivity index is 1.45. The molecule has 2 aromatic carbocycles. The van der Waals surface area contributed by atoms with Gasteiger partial charge in [-0.15, -0.1) is 0 Å². The fourth-order valence-electron chi connectivity index (χ4n) is 3.36. The highest BCUT2D eigenvalue weighted by Gasteiger charge is 2.32. The van der Waals surface area contributed by atoms with Crippen molar-refractivity contribution in [2.24, 2.45) is 0 Å². The highest BCUT2D eigenvalue weighted by Crippen LogP contribution is 2.32. The summed E-state index contributed by atoms with van der Waals surface area (Å²) in [5.41, 5.74) is -0.868. The van der Waals surface area contributed by atoms with Crippen LogP contribution in [0, 0.1) is 0 Å². The maximum atomic E-state index is 12.9. The number of hydrogen-bond acceptors (Lipinski definition) is 4. The number of amides is 1. The normalized spacial score (nSPS) is 14.8. The lowest BCUT2D eigenvalue weighted by molar-refractivity contribution is -0.151. The van der Waals surface area contributed by atoms with Crippen LogP contribution in [0.15, 0.2) is 48.5 Å². The molecule has 1 heterocycles. The van der Waals surface area contributed by atoms with Crippen LogP contribution in [-0.4, -0.2) is 49.6 Å². The molecule has 0 aromatic heterocycles. The van der Waals surface area contributed by atoms with Crippen molar-refractivity contribution in [3.8, 4) is 0 Å². The van der Waals surface area contributed by atoms with Crippen molar-refractivity contribution in [1.29, 1.82) is 0 Å². The Morgan fingerprint density at radius 1 is 0.818 bits per heavy atom. The van der Waals surface area contributed by atoms with Gasteiger partial charge in [0, 0.05) is 31.9 Å². The van der Waals surface area contributed by atoms with Gasteiger partial charge in [0.15, 0.2) is 6.61 Å². The van der Waals surface area contributed by atoms with E-state index < -0.39 is 42.0 Å². The zero-order valence-corrected chi connectivity index (χ0v) is 17.2. The maximum absolute atomic E-state index is 12.9. The number of benzene rings is 2. The predicted molar refractivity (Wildman–Crippen MR) is 106 cm³/mol.